The summed E-state index contributed by atoms with van der Waals surface area (Å²) >= 11 is 0. The highest BCUT2D eigenvalue weighted by Crippen LogP contribution is 2.26. The number of carbonyl (C=O) groups excluding carboxylic acids is 1. The maximum Gasteiger partial charge on any atom is 0.260 e. The molecule has 0 bridgehead atoms. The zero-order chi connectivity index (χ0) is 21.3. The van der Waals surface area contributed by atoms with Crippen molar-refractivity contribution in [3.05, 3.63) is 59.7 Å². The standard InChI is InChI=1S/C25H34N2O3/c1-4-20-8-12-23(13-9-20)30-19(2)25(28)26-18-24(27-16-6-5-7-17-27)21-10-14-22(29-3)15-11-21/h8-15,19,24H,4-7,16-18H2,1-3H3,(H,26,28)/t19-,24-/m1/s1. The van der Waals surface area contributed by atoms with Crippen molar-refractivity contribution in [2.24, 2.45) is 0 Å². The Kier molecular flexibility index (Phi) is 8.14. The normalized spacial score (nSPS) is 16.5. The Hall–Kier alpha value is -2.53. The molecule has 0 aliphatic carbocycles. The van der Waals surface area contributed by atoms with Crippen LogP contribution in [0.2, 0.25) is 0 Å². The van der Waals surface area contributed by atoms with Crippen LogP contribution in [0.4, 0.5) is 0 Å². The number of methoxy groups -OCH3 is 1. The Morgan fingerprint density at radius 2 is 1.63 bits per heavy atom. The van der Waals surface area contributed by atoms with E-state index in [1.165, 1.54) is 30.4 Å². The van der Waals surface area contributed by atoms with Gasteiger partial charge in [-0.15, -0.1) is 0 Å². The van der Waals surface area contributed by atoms with E-state index in [1.807, 2.05) is 36.4 Å². The summed E-state index contributed by atoms with van der Waals surface area (Å²) in [6.45, 7) is 6.60. The average Bonchev–Trinajstić information content (AvgIpc) is 2.80. The van der Waals surface area contributed by atoms with Crippen LogP contribution in [-0.4, -0.2) is 43.7 Å². The molecule has 0 aromatic heterocycles. The van der Waals surface area contributed by atoms with E-state index in [0.717, 1.165) is 31.0 Å². The van der Waals surface area contributed by atoms with E-state index in [0.29, 0.717) is 6.54 Å². The SMILES string of the molecule is CCc1ccc(O[C@H](C)C(=O)NC[C@H](c2ccc(OC)cc2)N2CCCCC2)cc1. The molecule has 0 saturated carbocycles. The summed E-state index contributed by atoms with van der Waals surface area (Å²) in [6.07, 6.45) is 4.12. The van der Waals surface area contributed by atoms with Crippen LogP contribution in [0.25, 0.3) is 0 Å². The Morgan fingerprint density at radius 3 is 2.23 bits per heavy atom. The molecule has 1 N–H and O–H groups in total. The lowest BCUT2D eigenvalue weighted by atomic mass is 10.0. The number of nitrogens with one attached hydrogen (secondary N) is 1. The van der Waals surface area contributed by atoms with Gasteiger partial charge in [0.15, 0.2) is 6.10 Å². The summed E-state index contributed by atoms with van der Waals surface area (Å²) in [4.78, 5) is 15.2. The summed E-state index contributed by atoms with van der Waals surface area (Å²) in [5.74, 6) is 1.47. The van der Waals surface area contributed by atoms with Gasteiger partial charge >= 0.3 is 0 Å². The molecular weight excluding hydrogens is 376 g/mol. The van der Waals surface area contributed by atoms with Gasteiger partial charge < -0.3 is 14.8 Å². The zero-order valence-electron chi connectivity index (χ0n) is 18.4. The second-order valence-corrected chi connectivity index (χ2v) is 7.89. The van der Waals surface area contributed by atoms with Gasteiger partial charge in [-0.25, -0.2) is 0 Å². The third-order valence-electron chi connectivity index (χ3n) is 5.82. The first-order valence-corrected chi connectivity index (χ1v) is 11.0. The van der Waals surface area contributed by atoms with Crippen molar-refractivity contribution in [1.82, 2.24) is 10.2 Å². The van der Waals surface area contributed by atoms with Crippen molar-refractivity contribution in [3.63, 3.8) is 0 Å². The number of likely N-dealkylation sites (tertiary alicyclic amines) is 1. The Bertz CT molecular complexity index is 783. The predicted molar refractivity (Wildman–Crippen MR) is 120 cm³/mol. The van der Waals surface area contributed by atoms with Crippen LogP contribution in [-0.2, 0) is 11.2 Å². The second-order valence-electron chi connectivity index (χ2n) is 7.89. The fourth-order valence-electron chi connectivity index (χ4n) is 3.92. The van der Waals surface area contributed by atoms with Crippen LogP contribution in [0.1, 0.15) is 50.3 Å². The number of benzene rings is 2. The first kappa shape index (κ1) is 22.2. The van der Waals surface area contributed by atoms with Gasteiger partial charge in [0.2, 0.25) is 0 Å². The van der Waals surface area contributed by atoms with E-state index in [-0.39, 0.29) is 11.9 Å². The number of amides is 1. The molecule has 1 amide bonds. The molecule has 0 unspecified atom stereocenters. The van der Waals surface area contributed by atoms with Gasteiger partial charge in [0.1, 0.15) is 11.5 Å². The van der Waals surface area contributed by atoms with Crippen LogP contribution in [0.15, 0.2) is 48.5 Å². The zero-order valence-corrected chi connectivity index (χ0v) is 18.4. The van der Waals surface area contributed by atoms with Crippen molar-refractivity contribution in [3.8, 4) is 11.5 Å². The Labute approximate surface area is 180 Å². The third-order valence-corrected chi connectivity index (χ3v) is 5.82. The number of carbonyl (C=O) groups is 1. The fraction of sp³-hybridized carbons (Fsp3) is 0.480. The number of rotatable bonds is 9. The summed E-state index contributed by atoms with van der Waals surface area (Å²) in [5, 5.41) is 3.11. The molecule has 5 nitrogen and oxygen atoms in total. The number of hydrogen-bond donors (Lipinski definition) is 1. The van der Waals surface area contributed by atoms with Gasteiger partial charge in [0, 0.05) is 6.54 Å². The number of ether oxygens (including phenoxy) is 2. The van der Waals surface area contributed by atoms with Crippen LogP contribution in [0.3, 0.4) is 0 Å². The number of piperidine rings is 1. The lowest BCUT2D eigenvalue weighted by molar-refractivity contribution is -0.127. The lowest BCUT2D eigenvalue weighted by Gasteiger charge is -2.35. The molecule has 1 aliphatic rings. The van der Waals surface area contributed by atoms with Gasteiger partial charge in [-0.1, -0.05) is 37.6 Å². The van der Waals surface area contributed by atoms with Gasteiger partial charge in [-0.2, -0.15) is 0 Å². The van der Waals surface area contributed by atoms with Gasteiger partial charge in [-0.3, -0.25) is 9.69 Å². The molecular formula is C25H34N2O3. The van der Waals surface area contributed by atoms with E-state index in [4.69, 9.17) is 9.47 Å². The maximum atomic E-state index is 12.7. The van der Waals surface area contributed by atoms with Crippen molar-refractivity contribution < 1.29 is 14.3 Å². The molecule has 2 atom stereocenters. The second kappa shape index (κ2) is 11.0. The highest BCUT2D eigenvalue weighted by atomic mass is 16.5. The molecule has 0 spiro atoms. The highest BCUT2D eigenvalue weighted by Gasteiger charge is 2.24. The van der Waals surface area contributed by atoms with Crippen LogP contribution < -0.4 is 14.8 Å². The quantitative estimate of drug-likeness (QED) is 0.667. The van der Waals surface area contributed by atoms with Gasteiger partial charge in [0.05, 0.1) is 13.2 Å². The lowest BCUT2D eigenvalue weighted by Crippen LogP contribution is -2.43. The molecule has 2 aromatic rings. The van der Waals surface area contributed by atoms with E-state index in [1.54, 1.807) is 14.0 Å². The molecule has 2 aromatic carbocycles. The van der Waals surface area contributed by atoms with E-state index in [2.05, 4.69) is 29.3 Å². The van der Waals surface area contributed by atoms with Crippen LogP contribution >= 0.6 is 0 Å². The minimum atomic E-state index is -0.546. The van der Waals surface area contributed by atoms with Gasteiger partial charge in [0.25, 0.3) is 5.91 Å². The smallest absolute Gasteiger partial charge is 0.260 e. The Balaban J connectivity index is 1.62. The summed E-state index contributed by atoms with van der Waals surface area (Å²) < 4.78 is 11.1. The monoisotopic (exact) mass is 410 g/mol. The summed E-state index contributed by atoms with van der Waals surface area (Å²) in [5.41, 5.74) is 2.45. The molecule has 1 fully saturated rings. The van der Waals surface area contributed by atoms with Crippen LogP contribution in [0, 0.1) is 0 Å². The van der Waals surface area contributed by atoms with Gasteiger partial charge in [-0.05, 0) is 74.7 Å². The highest BCUT2D eigenvalue weighted by molar-refractivity contribution is 5.80. The van der Waals surface area contributed by atoms with Crippen molar-refractivity contribution >= 4 is 5.91 Å². The molecule has 0 radical (unpaired) electrons. The molecule has 3 rings (SSSR count). The fourth-order valence-corrected chi connectivity index (χ4v) is 3.92. The van der Waals surface area contributed by atoms with E-state index < -0.39 is 6.10 Å². The molecule has 1 aliphatic heterocycles. The largest absolute Gasteiger partial charge is 0.497 e. The third kappa shape index (κ3) is 5.99. The topological polar surface area (TPSA) is 50.8 Å². The number of aryl methyl sites for hydroxylation is 1. The molecule has 1 heterocycles. The average molecular weight is 411 g/mol. The maximum absolute atomic E-state index is 12.7. The Morgan fingerprint density at radius 1 is 1.00 bits per heavy atom. The molecule has 162 valence electrons. The summed E-state index contributed by atoms with van der Waals surface area (Å²) in [7, 11) is 1.68. The van der Waals surface area contributed by atoms with Crippen molar-refractivity contribution in [2.75, 3.05) is 26.7 Å². The minimum absolute atomic E-state index is 0.0925. The number of nitrogens with zero attached hydrogens (tertiary/aromatic N) is 1. The van der Waals surface area contributed by atoms with E-state index >= 15 is 0 Å². The molecule has 5 heteroatoms. The van der Waals surface area contributed by atoms with E-state index in [9.17, 15) is 4.79 Å². The predicted octanol–water partition coefficient (Wildman–Crippen LogP) is 4.37. The van der Waals surface area contributed by atoms with Crippen LogP contribution in [0.5, 0.6) is 11.5 Å². The van der Waals surface area contributed by atoms with Crippen molar-refractivity contribution in [2.45, 2.75) is 51.7 Å². The summed E-state index contributed by atoms with van der Waals surface area (Å²) in [6, 6.07) is 16.2. The minimum Gasteiger partial charge on any atom is -0.497 e. The molecule has 30 heavy (non-hydrogen) atoms. The van der Waals surface area contributed by atoms with Crippen molar-refractivity contribution in [1.29, 1.82) is 0 Å². The molecule has 1 saturated heterocycles. The first-order valence-electron chi connectivity index (χ1n) is 11.0. The first-order chi connectivity index (χ1) is 14.6. The number of hydrogen-bond acceptors (Lipinski definition) is 4.